The fourth-order valence-electron chi connectivity index (χ4n) is 2.09. The smallest absolute Gasteiger partial charge is 0.198 e. The van der Waals surface area contributed by atoms with Crippen LogP contribution in [0.25, 0.3) is 22.6 Å². The molecule has 1 N–H and O–H groups in total. The van der Waals surface area contributed by atoms with Gasteiger partial charge in [0.1, 0.15) is 11.4 Å². The number of benzene rings is 1. The molecule has 0 radical (unpaired) electrons. The summed E-state index contributed by atoms with van der Waals surface area (Å²) in [6, 6.07) is 9.77. The van der Waals surface area contributed by atoms with Crippen LogP contribution in [0.5, 0.6) is 0 Å². The zero-order valence-electron chi connectivity index (χ0n) is 11.7. The van der Waals surface area contributed by atoms with Gasteiger partial charge in [0, 0.05) is 19.5 Å². The van der Waals surface area contributed by atoms with Crippen LogP contribution in [0.15, 0.2) is 39.2 Å². The van der Waals surface area contributed by atoms with E-state index in [0.29, 0.717) is 24.0 Å². The van der Waals surface area contributed by atoms with E-state index in [4.69, 9.17) is 9.15 Å². The third-order valence-corrected chi connectivity index (χ3v) is 3.92. The van der Waals surface area contributed by atoms with Crippen molar-refractivity contribution in [3.05, 3.63) is 40.5 Å². The van der Waals surface area contributed by atoms with E-state index in [-0.39, 0.29) is 0 Å². The number of ether oxygens (including phenoxy) is 1. The molecule has 108 valence electrons. The Labute approximate surface area is 130 Å². The number of nitrogens with zero attached hydrogens (tertiary/aromatic N) is 2. The largest absolute Gasteiger partial charge is 0.453 e. The molecule has 5 nitrogen and oxygen atoms in total. The number of para-hydroxylation sites is 1. The second-order valence-electron chi connectivity index (χ2n) is 4.49. The van der Waals surface area contributed by atoms with Gasteiger partial charge < -0.3 is 14.5 Å². The fraction of sp³-hybridized carbons (Fsp3) is 0.200. The topological polar surface area (TPSA) is 60.2 Å². The molecule has 2 heterocycles. The van der Waals surface area contributed by atoms with Gasteiger partial charge in [-0.25, -0.2) is 9.97 Å². The summed E-state index contributed by atoms with van der Waals surface area (Å²) in [6.45, 7) is 0.394. The summed E-state index contributed by atoms with van der Waals surface area (Å²) >= 11 is 3.49. The predicted octanol–water partition coefficient (Wildman–Crippen LogP) is 3.84. The molecule has 0 unspecified atom stereocenters. The summed E-state index contributed by atoms with van der Waals surface area (Å²) in [6.07, 6.45) is 0. The van der Waals surface area contributed by atoms with Gasteiger partial charge in [0.15, 0.2) is 11.6 Å². The number of anilines is 1. The maximum atomic E-state index is 5.82. The Morgan fingerprint density at radius 3 is 2.81 bits per heavy atom. The molecule has 1 aromatic carbocycles. The molecule has 21 heavy (non-hydrogen) atoms. The molecule has 2 aromatic heterocycles. The fourth-order valence-corrected chi connectivity index (χ4v) is 2.58. The predicted molar refractivity (Wildman–Crippen MR) is 85.2 cm³/mol. The van der Waals surface area contributed by atoms with Crippen molar-refractivity contribution in [2.24, 2.45) is 0 Å². The summed E-state index contributed by atoms with van der Waals surface area (Å²) in [5, 5.41) is 4.07. The Morgan fingerprint density at radius 1 is 1.29 bits per heavy atom. The molecule has 0 amide bonds. The highest BCUT2D eigenvalue weighted by Gasteiger charge is 2.15. The van der Waals surface area contributed by atoms with E-state index < -0.39 is 0 Å². The molecule has 0 bridgehead atoms. The third-order valence-electron chi connectivity index (χ3n) is 3.08. The molecule has 0 spiro atoms. The van der Waals surface area contributed by atoms with Crippen molar-refractivity contribution >= 4 is 32.7 Å². The van der Waals surface area contributed by atoms with Gasteiger partial charge in [0.05, 0.1) is 16.8 Å². The maximum absolute atomic E-state index is 5.82. The summed E-state index contributed by atoms with van der Waals surface area (Å²) < 4.78 is 11.8. The van der Waals surface area contributed by atoms with E-state index in [1.807, 2.05) is 37.4 Å². The first-order valence-corrected chi connectivity index (χ1v) is 7.24. The highest BCUT2D eigenvalue weighted by Crippen LogP contribution is 2.30. The van der Waals surface area contributed by atoms with Crippen molar-refractivity contribution in [1.29, 1.82) is 0 Å². The zero-order chi connectivity index (χ0) is 14.8. The van der Waals surface area contributed by atoms with E-state index in [2.05, 4.69) is 31.2 Å². The van der Waals surface area contributed by atoms with E-state index in [1.54, 1.807) is 7.11 Å². The Bertz CT molecular complexity index is 753. The normalized spacial score (nSPS) is 11.0. The van der Waals surface area contributed by atoms with Gasteiger partial charge in [-0.1, -0.05) is 18.2 Å². The first-order valence-electron chi connectivity index (χ1n) is 6.45. The maximum Gasteiger partial charge on any atom is 0.198 e. The van der Waals surface area contributed by atoms with Crippen LogP contribution in [-0.4, -0.2) is 24.1 Å². The molecule has 0 saturated carbocycles. The van der Waals surface area contributed by atoms with Crippen LogP contribution in [0.1, 0.15) is 5.69 Å². The number of furan rings is 1. The average Bonchev–Trinajstić information content (AvgIpc) is 2.93. The van der Waals surface area contributed by atoms with Crippen molar-refractivity contribution in [3.8, 4) is 11.6 Å². The lowest BCUT2D eigenvalue weighted by molar-refractivity contribution is 0.181. The van der Waals surface area contributed by atoms with Gasteiger partial charge in [-0.3, -0.25) is 0 Å². The summed E-state index contributed by atoms with van der Waals surface area (Å²) in [4.78, 5) is 9.00. The van der Waals surface area contributed by atoms with Crippen LogP contribution in [0.3, 0.4) is 0 Å². The molecule has 0 aliphatic heterocycles. The second-order valence-corrected chi connectivity index (χ2v) is 5.28. The molecular formula is C15H14BrN3O2. The third kappa shape index (κ3) is 2.64. The van der Waals surface area contributed by atoms with Crippen LogP contribution in [0, 0.1) is 0 Å². The Morgan fingerprint density at radius 2 is 2.10 bits per heavy atom. The number of fused-ring (bicyclic) bond motifs is 1. The summed E-state index contributed by atoms with van der Waals surface area (Å²) in [5.41, 5.74) is 1.59. The minimum atomic E-state index is 0.394. The number of aromatic nitrogens is 2. The van der Waals surface area contributed by atoms with Gasteiger partial charge in [-0.15, -0.1) is 0 Å². The highest BCUT2D eigenvalue weighted by atomic mass is 79.9. The zero-order valence-corrected chi connectivity index (χ0v) is 13.3. The van der Waals surface area contributed by atoms with Crippen molar-refractivity contribution < 1.29 is 9.15 Å². The first kappa shape index (κ1) is 14.0. The van der Waals surface area contributed by atoms with E-state index in [0.717, 1.165) is 21.1 Å². The lowest BCUT2D eigenvalue weighted by Crippen LogP contribution is -2.03. The van der Waals surface area contributed by atoms with Gasteiger partial charge >= 0.3 is 0 Å². The van der Waals surface area contributed by atoms with Crippen LogP contribution >= 0.6 is 15.9 Å². The molecule has 0 aliphatic carbocycles. The number of nitrogens with one attached hydrogen (secondary N) is 1. The van der Waals surface area contributed by atoms with Crippen molar-refractivity contribution in [2.45, 2.75) is 6.61 Å². The van der Waals surface area contributed by atoms with Crippen LogP contribution in [-0.2, 0) is 11.3 Å². The van der Waals surface area contributed by atoms with Crippen molar-refractivity contribution in [1.82, 2.24) is 9.97 Å². The Kier molecular flexibility index (Phi) is 3.90. The summed E-state index contributed by atoms with van der Waals surface area (Å²) in [7, 11) is 3.44. The minimum absolute atomic E-state index is 0.394. The molecular weight excluding hydrogens is 334 g/mol. The van der Waals surface area contributed by atoms with Gasteiger partial charge in [-0.2, -0.15) is 0 Å². The number of rotatable bonds is 4. The molecule has 3 aromatic rings. The minimum Gasteiger partial charge on any atom is -0.453 e. The SMILES string of the molecule is CNc1nc(-c2cc3ccccc3o2)nc(COC)c1Br. The van der Waals surface area contributed by atoms with E-state index in [1.165, 1.54) is 0 Å². The molecule has 0 fully saturated rings. The standard InChI is InChI=1S/C15H14BrN3O2/c1-17-15-13(16)10(8-20-2)18-14(19-15)12-7-9-5-3-4-6-11(9)21-12/h3-7H,8H2,1-2H3,(H,17,18,19). The van der Waals surface area contributed by atoms with Crippen molar-refractivity contribution in [3.63, 3.8) is 0 Å². The second kappa shape index (κ2) is 5.83. The molecule has 0 aliphatic rings. The molecule has 0 saturated heterocycles. The van der Waals surface area contributed by atoms with E-state index >= 15 is 0 Å². The Hall–Kier alpha value is -1.92. The number of methoxy groups -OCH3 is 1. The highest BCUT2D eigenvalue weighted by molar-refractivity contribution is 9.10. The first-order chi connectivity index (χ1) is 10.2. The van der Waals surface area contributed by atoms with Gasteiger partial charge in [-0.05, 0) is 28.1 Å². The summed E-state index contributed by atoms with van der Waals surface area (Å²) in [5.74, 6) is 1.87. The Balaban J connectivity index is 2.14. The van der Waals surface area contributed by atoms with Crippen LogP contribution in [0.4, 0.5) is 5.82 Å². The quantitative estimate of drug-likeness (QED) is 0.776. The average molecular weight is 348 g/mol. The molecule has 0 atom stereocenters. The molecule has 3 rings (SSSR count). The van der Waals surface area contributed by atoms with Crippen LogP contribution in [0.2, 0.25) is 0 Å². The van der Waals surface area contributed by atoms with E-state index in [9.17, 15) is 0 Å². The van der Waals surface area contributed by atoms with Crippen molar-refractivity contribution in [2.75, 3.05) is 19.5 Å². The number of hydrogen-bond donors (Lipinski definition) is 1. The lowest BCUT2D eigenvalue weighted by atomic mass is 10.2. The van der Waals surface area contributed by atoms with Gasteiger partial charge in [0.2, 0.25) is 0 Å². The van der Waals surface area contributed by atoms with Gasteiger partial charge in [0.25, 0.3) is 0 Å². The molecule has 6 heteroatoms. The van der Waals surface area contributed by atoms with Crippen LogP contribution < -0.4 is 5.32 Å². The number of hydrogen-bond acceptors (Lipinski definition) is 5. The monoisotopic (exact) mass is 347 g/mol. The number of halogens is 1. The lowest BCUT2D eigenvalue weighted by Gasteiger charge is -2.09.